The van der Waals surface area contributed by atoms with E-state index in [9.17, 15) is 4.39 Å². The molecule has 0 bridgehead atoms. The van der Waals surface area contributed by atoms with Gasteiger partial charge in [-0.05, 0) is 26.2 Å². The number of hydrogen-bond acceptors (Lipinski definition) is 3. The Morgan fingerprint density at radius 3 is 2.50 bits per heavy atom. The maximum atomic E-state index is 13.6. The normalized spacial score (nSPS) is 11.1. The van der Waals surface area contributed by atoms with E-state index in [2.05, 4.69) is 19.2 Å². The lowest BCUT2D eigenvalue weighted by atomic mass is 10.1. The van der Waals surface area contributed by atoms with Crippen LogP contribution in [0.4, 0.5) is 15.8 Å². The van der Waals surface area contributed by atoms with Gasteiger partial charge >= 0.3 is 0 Å². The summed E-state index contributed by atoms with van der Waals surface area (Å²) < 4.78 is 19.0. The number of hydrogen-bond donors (Lipinski definition) is 2. The second-order valence-corrected chi connectivity index (χ2v) is 5.15. The Bertz CT molecular complexity index is 392. The lowest BCUT2D eigenvalue weighted by Gasteiger charge is -2.15. The van der Waals surface area contributed by atoms with Gasteiger partial charge in [0.1, 0.15) is 0 Å². The van der Waals surface area contributed by atoms with E-state index in [0.29, 0.717) is 11.6 Å². The average molecular weight is 254 g/mol. The third-order valence-corrected chi connectivity index (χ3v) is 2.50. The Morgan fingerprint density at radius 1 is 1.28 bits per heavy atom. The molecule has 0 saturated carbocycles. The smallest absolute Gasteiger partial charge is 0.167 e. The van der Waals surface area contributed by atoms with Crippen LogP contribution in [-0.2, 0) is 0 Å². The molecule has 0 aliphatic heterocycles. The van der Waals surface area contributed by atoms with E-state index in [1.165, 1.54) is 6.07 Å². The fourth-order valence-corrected chi connectivity index (χ4v) is 1.56. The molecule has 0 atom stereocenters. The summed E-state index contributed by atoms with van der Waals surface area (Å²) in [7, 11) is 0. The van der Waals surface area contributed by atoms with Crippen LogP contribution in [0, 0.1) is 11.7 Å². The lowest BCUT2D eigenvalue weighted by molar-refractivity contribution is 0.231. The highest BCUT2D eigenvalue weighted by Crippen LogP contribution is 2.29. The van der Waals surface area contributed by atoms with E-state index < -0.39 is 5.82 Å². The van der Waals surface area contributed by atoms with Crippen molar-refractivity contribution in [1.82, 2.24) is 0 Å². The predicted octanol–water partition coefficient (Wildman–Crippen LogP) is 3.65. The van der Waals surface area contributed by atoms with E-state index in [0.717, 1.165) is 18.7 Å². The van der Waals surface area contributed by atoms with Crippen LogP contribution in [0.3, 0.4) is 0 Å². The van der Waals surface area contributed by atoms with Crippen molar-refractivity contribution < 1.29 is 9.13 Å². The third kappa shape index (κ3) is 4.43. The van der Waals surface area contributed by atoms with Gasteiger partial charge in [-0.2, -0.15) is 0 Å². The van der Waals surface area contributed by atoms with E-state index in [-0.39, 0.29) is 11.9 Å². The zero-order valence-corrected chi connectivity index (χ0v) is 11.6. The van der Waals surface area contributed by atoms with Crippen LogP contribution in [0.1, 0.15) is 34.1 Å². The van der Waals surface area contributed by atoms with Crippen molar-refractivity contribution in [2.24, 2.45) is 5.92 Å². The first-order chi connectivity index (χ1) is 8.40. The van der Waals surface area contributed by atoms with Crippen LogP contribution in [-0.4, -0.2) is 12.6 Å². The number of rotatable bonds is 6. The molecule has 1 aromatic rings. The summed E-state index contributed by atoms with van der Waals surface area (Å²) in [6.45, 7) is 8.85. The minimum absolute atomic E-state index is 0.0633. The highest BCUT2D eigenvalue weighted by molar-refractivity contribution is 5.68. The van der Waals surface area contributed by atoms with Gasteiger partial charge in [0.2, 0.25) is 0 Å². The fraction of sp³-hybridized carbons (Fsp3) is 0.571. The van der Waals surface area contributed by atoms with Crippen molar-refractivity contribution in [1.29, 1.82) is 0 Å². The second kappa shape index (κ2) is 6.47. The second-order valence-electron chi connectivity index (χ2n) is 5.15. The van der Waals surface area contributed by atoms with Crippen molar-refractivity contribution in [2.45, 2.75) is 40.2 Å². The van der Waals surface area contributed by atoms with Gasteiger partial charge in [0.25, 0.3) is 0 Å². The molecule has 3 nitrogen and oxygen atoms in total. The molecular formula is C14H23FN2O. The van der Waals surface area contributed by atoms with Crippen LogP contribution < -0.4 is 15.8 Å². The molecule has 1 aromatic carbocycles. The Balaban J connectivity index is 2.77. The van der Waals surface area contributed by atoms with E-state index in [1.807, 2.05) is 13.8 Å². The highest BCUT2D eigenvalue weighted by atomic mass is 19.1. The molecule has 102 valence electrons. The molecule has 0 fully saturated rings. The average Bonchev–Trinajstić information content (AvgIpc) is 2.23. The summed E-state index contributed by atoms with van der Waals surface area (Å²) in [5.74, 6) is 0.437. The van der Waals surface area contributed by atoms with E-state index in [4.69, 9.17) is 10.5 Å². The molecule has 0 radical (unpaired) electrons. The Labute approximate surface area is 109 Å². The highest BCUT2D eigenvalue weighted by Gasteiger charge is 2.10. The first-order valence-electron chi connectivity index (χ1n) is 6.39. The first kappa shape index (κ1) is 14.6. The summed E-state index contributed by atoms with van der Waals surface area (Å²) in [5, 5.41) is 3.21. The Morgan fingerprint density at radius 2 is 1.94 bits per heavy atom. The van der Waals surface area contributed by atoms with Gasteiger partial charge in [-0.3, -0.25) is 0 Å². The van der Waals surface area contributed by atoms with Crippen LogP contribution in [0.5, 0.6) is 5.75 Å². The maximum Gasteiger partial charge on any atom is 0.167 e. The number of ether oxygens (including phenoxy) is 1. The first-order valence-corrected chi connectivity index (χ1v) is 6.39. The van der Waals surface area contributed by atoms with Crippen molar-refractivity contribution in [3.8, 4) is 5.75 Å². The van der Waals surface area contributed by atoms with Gasteiger partial charge in [-0.15, -0.1) is 0 Å². The molecule has 0 aliphatic rings. The molecule has 3 N–H and O–H groups in total. The molecular weight excluding hydrogens is 231 g/mol. The Kier molecular flexibility index (Phi) is 5.25. The standard InChI is InChI=1S/C14H23FN2O/c1-9(2)5-6-17-13-8-14(18-10(3)4)11(15)7-12(13)16/h7-10,17H,5-6,16H2,1-4H3. The van der Waals surface area contributed by atoms with Gasteiger partial charge in [-0.25, -0.2) is 4.39 Å². The molecule has 4 heteroatoms. The van der Waals surface area contributed by atoms with Crippen LogP contribution in [0.25, 0.3) is 0 Å². The topological polar surface area (TPSA) is 47.3 Å². The summed E-state index contributed by atoms with van der Waals surface area (Å²) in [6, 6.07) is 2.93. The van der Waals surface area contributed by atoms with Gasteiger partial charge < -0.3 is 15.8 Å². The molecule has 0 unspecified atom stereocenters. The molecule has 0 aliphatic carbocycles. The molecule has 1 rings (SSSR count). The van der Waals surface area contributed by atoms with Crippen LogP contribution >= 0.6 is 0 Å². The SMILES string of the molecule is CC(C)CCNc1cc(OC(C)C)c(F)cc1N. The van der Waals surface area contributed by atoms with Crippen LogP contribution in [0.15, 0.2) is 12.1 Å². The minimum Gasteiger partial charge on any atom is -0.488 e. The van der Waals surface area contributed by atoms with Gasteiger partial charge in [-0.1, -0.05) is 13.8 Å². The number of nitrogens with two attached hydrogens (primary N) is 1. The van der Waals surface area contributed by atoms with Crippen molar-refractivity contribution in [3.63, 3.8) is 0 Å². The summed E-state index contributed by atoms with van der Waals surface area (Å²) >= 11 is 0. The predicted molar refractivity (Wildman–Crippen MR) is 74.5 cm³/mol. The molecule has 0 heterocycles. The number of nitrogens with one attached hydrogen (secondary N) is 1. The molecule has 0 saturated heterocycles. The van der Waals surface area contributed by atoms with Gasteiger partial charge in [0.05, 0.1) is 17.5 Å². The van der Waals surface area contributed by atoms with Crippen molar-refractivity contribution in [2.75, 3.05) is 17.6 Å². The van der Waals surface area contributed by atoms with Crippen molar-refractivity contribution in [3.05, 3.63) is 17.9 Å². The summed E-state index contributed by atoms with van der Waals surface area (Å²) in [6.07, 6.45) is 0.976. The molecule has 0 aromatic heterocycles. The molecule has 0 spiro atoms. The molecule has 0 amide bonds. The van der Waals surface area contributed by atoms with Crippen LogP contribution in [0.2, 0.25) is 0 Å². The van der Waals surface area contributed by atoms with E-state index >= 15 is 0 Å². The summed E-state index contributed by atoms with van der Waals surface area (Å²) in [5.41, 5.74) is 6.92. The lowest BCUT2D eigenvalue weighted by Crippen LogP contribution is -2.10. The summed E-state index contributed by atoms with van der Waals surface area (Å²) in [4.78, 5) is 0. The zero-order valence-electron chi connectivity index (χ0n) is 11.6. The maximum absolute atomic E-state index is 13.6. The number of halogens is 1. The van der Waals surface area contributed by atoms with Crippen molar-refractivity contribution >= 4 is 11.4 Å². The van der Waals surface area contributed by atoms with E-state index in [1.54, 1.807) is 6.07 Å². The monoisotopic (exact) mass is 254 g/mol. The van der Waals surface area contributed by atoms with Gasteiger partial charge in [0.15, 0.2) is 11.6 Å². The zero-order chi connectivity index (χ0) is 13.7. The third-order valence-electron chi connectivity index (χ3n) is 2.50. The molecule has 18 heavy (non-hydrogen) atoms. The van der Waals surface area contributed by atoms with Gasteiger partial charge in [0, 0.05) is 18.7 Å². The largest absolute Gasteiger partial charge is 0.488 e. The minimum atomic E-state index is -0.421. The number of benzene rings is 1. The Hall–Kier alpha value is -1.45. The quantitative estimate of drug-likeness (QED) is 0.762. The number of anilines is 2. The number of nitrogen functional groups attached to an aromatic ring is 1. The fourth-order valence-electron chi connectivity index (χ4n) is 1.56.